The van der Waals surface area contributed by atoms with Crippen LogP contribution in [0.4, 0.5) is 0 Å². The number of nitrogens with one attached hydrogen (secondary N) is 1. The highest BCUT2D eigenvalue weighted by Crippen LogP contribution is 2.17. The van der Waals surface area contributed by atoms with Crippen LogP contribution < -0.4 is 5.32 Å². The minimum atomic E-state index is -0.131. The lowest BCUT2D eigenvalue weighted by Gasteiger charge is -2.03. The molecule has 4 heterocycles. The molecule has 0 aliphatic rings. The van der Waals surface area contributed by atoms with E-state index in [-0.39, 0.29) is 11.8 Å². The van der Waals surface area contributed by atoms with E-state index >= 15 is 0 Å². The lowest BCUT2D eigenvalue weighted by molar-refractivity contribution is 0.0944. The Labute approximate surface area is 168 Å². The predicted octanol–water partition coefficient (Wildman–Crippen LogP) is 2.62. The van der Waals surface area contributed by atoms with Crippen molar-refractivity contribution in [3.05, 3.63) is 66.0 Å². The first-order chi connectivity index (χ1) is 14.0. The number of rotatable bonds is 6. The Bertz CT molecular complexity index is 1140. The number of carbonyl (C=O) groups is 1. The van der Waals surface area contributed by atoms with E-state index in [1.165, 1.54) is 0 Å². The van der Waals surface area contributed by atoms with Gasteiger partial charge in [-0.15, -0.1) is 0 Å². The predicted molar refractivity (Wildman–Crippen MR) is 110 cm³/mol. The van der Waals surface area contributed by atoms with Crippen molar-refractivity contribution in [2.24, 2.45) is 7.05 Å². The Balaban J connectivity index is 1.41. The minimum Gasteiger partial charge on any atom is -0.350 e. The van der Waals surface area contributed by atoms with Gasteiger partial charge in [-0.05, 0) is 30.2 Å². The average Bonchev–Trinajstić information content (AvgIpc) is 3.31. The van der Waals surface area contributed by atoms with Crippen molar-refractivity contribution < 1.29 is 4.79 Å². The molecule has 1 amide bonds. The van der Waals surface area contributed by atoms with Gasteiger partial charge in [0.2, 0.25) is 0 Å². The smallest absolute Gasteiger partial charge is 0.269 e. The molecular formula is C21H23N7O. The molecule has 1 N–H and O–H groups in total. The molecule has 148 valence electrons. The summed E-state index contributed by atoms with van der Waals surface area (Å²) in [4.78, 5) is 21.1. The maximum atomic E-state index is 12.5. The van der Waals surface area contributed by atoms with E-state index in [0.717, 1.165) is 28.3 Å². The normalized spacial score (nSPS) is 11.3. The highest BCUT2D eigenvalue weighted by Gasteiger charge is 2.15. The van der Waals surface area contributed by atoms with E-state index in [2.05, 4.69) is 39.3 Å². The minimum absolute atomic E-state index is 0.131. The number of pyridine rings is 1. The fourth-order valence-electron chi connectivity index (χ4n) is 3.11. The van der Waals surface area contributed by atoms with Crippen LogP contribution in [0.25, 0.3) is 16.9 Å². The van der Waals surface area contributed by atoms with E-state index < -0.39 is 0 Å². The van der Waals surface area contributed by atoms with Crippen LogP contribution in [0.5, 0.6) is 0 Å². The van der Waals surface area contributed by atoms with E-state index in [1.54, 1.807) is 28.6 Å². The van der Waals surface area contributed by atoms with Crippen LogP contribution in [-0.4, -0.2) is 41.8 Å². The molecule has 0 aliphatic carbocycles. The van der Waals surface area contributed by atoms with Gasteiger partial charge < -0.3 is 5.32 Å². The third-order valence-corrected chi connectivity index (χ3v) is 4.74. The quantitative estimate of drug-likeness (QED) is 0.547. The van der Waals surface area contributed by atoms with Gasteiger partial charge in [-0.1, -0.05) is 13.8 Å². The largest absolute Gasteiger partial charge is 0.350 e. The number of nitrogens with zero attached hydrogens (tertiary/aromatic N) is 6. The molecular weight excluding hydrogens is 366 g/mol. The maximum absolute atomic E-state index is 12.5. The second-order valence-electron chi connectivity index (χ2n) is 7.23. The summed E-state index contributed by atoms with van der Waals surface area (Å²) in [5.74, 6) is 0.152. The summed E-state index contributed by atoms with van der Waals surface area (Å²) in [5.41, 5.74) is 5.00. The summed E-state index contributed by atoms with van der Waals surface area (Å²) in [5, 5.41) is 11.9. The first-order valence-corrected chi connectivity index (χ1v) is 9.59. The molecule has 0 spiro atoms. The molecule has 0 atom stereocenters. The topological polar surface area (TPSA) is 90.0 Å². The van der Waals surface area contributed by atoms with Crippen LogP contribution in [0.2, 0.25) is 0 Å². The summed E-state index contributed by atoms with van der Waals surface area (Å²) in [7, 11) is 1.79. The molecule has 0 saturated carbocycles. The monoisotopic (exact) mass is 389 g/mol. The van der Waals surface area contributed by atoms with Crippen LogP contribution >= 0.6 is 0 Å². The number of amides is 1. The Morgan fingerprint density at radius 3 is 2.66 bits per heavy atom. The third-order valence-electron chi connectivity index (χ3n) is 4.74. The summed E-state index contributed by atoms with van der Waals surface area (Å²) >= 11 is 0. The van der Waals surface area contributed by atoms with Gasteiger partial charge in [0.1, 0.15) is 5.69 Å². The molecule has 4 aromatic heterocycles. The van der Waals surface area contributed by atoms with Crippen LogP contribution in [0.1, 0.15) is 41.6 Å². The summed E-state index contributed by atoms with van der Waals surface area (Å²) in [6, 6.07) is 9.56. The lowest BCUT2D eigenvalue weighted by atomic mass is 10.1. The zero-order valence-electron chi connectivity index (χ0n) is 16.7. The zero-order chi connectivity index (χ0) is 20.4. The number of hydrogen-bond donors (Lipinski definition) is 1. The third kappa shape index (κ3) is 4.01. The van der Waals surface area contributed by atoms with Gasteiger partial charge >= 0.3 is 0 Å². The van der Waals surface area contributed by atoms with Gasteiger partial charge in [0.15, 0.2) is 5.65 Å². The van der Waals surface area contributed by atoms with Crippen LogP contribution in [-0.2, 0) is 13.5 Å². The van der Waals surface area contributed by atoms with Gasteiger partial charge in [-0.2, -0.15) is 10.2 Å². The molecule has 0 radical (unpaired) electrons. The first kappa shape index (κ1) is 18.8. The van der Waals surface area contributed by atoms with Gasteiger partial charge in [-0.3, -0.25) is 14.5 Å². The van der Waals surface area contributed by atoms with Crippen molar-refractivity contribution in [1.29, 1.82) is 0 Å². The molecule has 0 aliphatic heterocycles. The molecule has 8 nitrogen and oxygen atoms in total. The fraction of sp³-hybridized carbons (Fsp3) is 0.286. The molecule has 0 saturated heterocycles. The Hall–Kier alpha value is -3.55. The highest BCUT2D eigenvalue weighted by molar-refractivity contribution is 5.92. The van der Waals surface area contributed by atoms with Crippen molar-refractivity contribution in [3.63, 3.8) is 0 Å². The van der Waals surface area contributed by atoms with Crippen LogP contribution in [0.3, 0.4) is 0 Å². The molecule has 0 unspecified atom stereocenters. The Kier molecular flexibility index (Phi) is 5.07. The maximum Gasteiger partial charge on any atom is 0.269 e. The summed E-state index contributed by atoms with van der Waals surface area (Å²) < 4.78 is 3.37. The first-order valence-electron chi connectivity index (χ1n) is 9.59. The van der Waals surface area contributed by atoms with E-state index in [9.17, 15) is 4.79 Å². The van der Waals surface area contributed by atoms with Crippen molar-refractivity contribution >= 4 is 11.6 Å². The van der Waals surface area contributed by atoms with E-state index in [4.69, 9.17) is 0 Å². The fourth-order valence-corrected chi connectivity index (χ4v) is 3.11. The molecule has 29 heavy (non-hydrogen) atoms. The second-order valence-corrected chi connectivity index (χ2v) is 7.23. The molecule has 0 aromatic carbocycles. The Morgan fingerprint density at radius 1 is 1.14 bits per heavy atom. The number of carbonyl (C=O) groups excluding carboxylic acids is 1. The van der Waals surface area contributed by atoms with E-state index in [0.29, 0.717) is 18.7 Å². The number of aryl methyl sites for hydroxylation is 1. The molecule has 0 bridgehead atoms. The van der Waals surface area contributed by atoms with Gasteiger partial charge in [-0.25, -0.2) is 9.50 Å². The number of hydrogen-bond acceptors (Lipinski definition) is 5. The average molecular weight is 389 g/mol. The lowest BCUT2D eigenvalue weighted by Crippen LogP contribution is -2.27. The van der Waals surface area contributed by atoms with Gasteiger partial charge in [0, 0.05) is 50.2 Å². The van der Waals surface area contributed by atoms with Gasteiger partial charge in [0.25, 0.3) is 5.91 Å². The standard InChI is InChI=1S/C21H23N7O/c1-14(2)18-13-19(27(3)26-18)21(29)23-10-6-16-12-20-24-17(7-11-28(20)25-16)15-4-8-22-9-5-15/h4-5,7-9,11-14H,6,10H2,1-3H3,(H,23,29). The number of fused-ring (bicyclic) bond motifs is 1. The van der Waals surface area contributed by atoms with Crippen molar-refractivity contribution in [3.8, 4) is 11.3 Å². The van der Waals surface area contributed by atoms with Crippen LogP contribution in [0, 0.1) is 0 Å². The highest BCUT2D eigenvalue weighted by atomic mass is 16.2. The van der Waals surface area contributed by atoms with Crippen LogP contribution in [0.15, 0.2) is 48.9 Å². The summed E-state index contributed by atoms with van der Waals surface area (Å²) in [6.07, 6.45) is 6.01. The number of aromatic nitrogens is 6. The molecule has 4 aromatic rings. The van der Waals surface area contributed by atoms with Gasteiger partial charge in [0.05, 0.1) is 17.1 Å². The Morgan fingerprint density at radius 2 is 1.93 bits per heavy atom. The van der Waals surface area contributed by atoms with Crippen molar-refractivity contribution in [1.82, 2.24) is 34.7 Å². The van der Waals surface area contributed by atoms with Crippen molar-refractivity contribution in [2.45, 2.75) is 26.2 Å². The zero-order valence-corrected chi connectivity index (χ0v) is 16.7. The van der Waals surface area contributed by atoms with E-state index in [1.807, 2.05) is 36.5 Å². The molecule has 0 fully saturated rings. The second kappa shape index (κ2) is 7.83. The molecule has 8 heteroatoms. The molecule has 4 rings (SSSR count). The SMILES string of the molecule is CC(C)c1cc(C(=O)NCCc2cc3nc(-c4ccncc4)ccn3n2)n(C)n1. The van der Waals surface area contributed by atoms with Crippen molar-refractivity contribution in [2.75, 3.05) is 6.54 Å². The summed E-state index contributed by atoms with van der Waals surface area (Å²) in [6.45, 7) is 4.60.